The van der Waals surface area contributed by atoms with Crippen LogP contribution in [0.2, 0.25) is 10.0 Å². The zero-order valence-corrected chi connectivity index (χ0v) is 8.50. The van der Waals surface area contributed by atoms with Crippen molar-refractivity contribution in [1.82, 2.24) is 0 Å². The molecule has 0 aromatic heterocycles. The smallest absolute Gasteiger partial charge is 0.387 e. The Bertz CT molecular complexity index is 333. The summed E-state index contributed by atoms with van der Waals surface area (Å²) in [6.45, 7) is -3.06. The highest BCUT2D eigenvalue weighted by Crippen LogP contribution is 2.37. The predicted molar refractivity (Wildman–Crippen MR) is 48.1 cm³/mol. The van der Waals surface area contributed by atoms with E-state index in [1.54, 1.807) is 0 Å². The van der Waals surface area contributed by atoms with Gasteiger partial charge in [0, 0.05) is 0 Å². The third-order valence-corrected chi connectivity index (χ3v) is 2.12. The van der Waals surface area contributed by atoms with Crippen molar-refractivity contribution in [2.75, 3.05) is 0 Å². The van der Waals surface area contributed by atoms with Crippen LogP contribution in [0.1, 0.15) is 12.0 Å². The van der Waals surface area contributed by atoms with Crippen molar-refractivity contribution in [3.05, 3.63) is 27.7 Å². The molecule has 0 bridgehead atoms. The summed E-state index contributed by atoms with van der Waals surface area (Å²) >= 11 is 10.8. The molecule has 1 aromatic carbocycles. The Morgan fingerprint density at radius 3 is 1.80 bits per heavy atom. The molecule has 1 aromatic rings. The summed E-state index contributed by atoms with van der Waals surface area (Å²) in [4.78, 5) is 0. The third kappa shape index (κ3) is 3.14. The Hall–Kier alpha value is -0.680. The minimum atomic E-state index is -3.06. The molecule has 0 saturated carbocycles. The SMILES string of the molecule is FC(F)Oc1cc(Cl)c(C(F)F)c(Cl)c1. The maximum absolute atomic E-state index is 12.3. The van der Waals surface area contributed by atoms with E-state index in [-0.39, 0.29) is 5.75 Å². The number of benzene rings is 1. The fourth-order valence-corrected chi connectivity index (χ4v) is 1.57. The standard InChI is InChI=1S/C8H4Cl2F4O/c9-4-1-3(15-8(13)14)2-5(10)6(4)7(11)12/h1-2,7-8H. The van der Waals surface area contributed by atoms with Gasteiger partial charge in [0.2, 0.25) is 0 Å². The summed E-state index contributed by atoms with van der Waals surface area (Å²) < 4.78 is 52.2. The van der Waals surface area contributed by atoms with Crippen LogP contribution in [0.5, 0.6) is 5.75 Å². The topological polar surface area (TPSA) is 9.23 Å². The van der Waals surface area contributed by atoms with Crippen LogP contribution in [0.3, 0.4) is 0 Å². The van der Waals surface area contributed by atoms with E-state index in [9.17, 15) is 17.6 Å². The number of halogens is 6. The summed E-state index contributed by atoms with van der Waals surface area (Å²) in [6.07, 6.45) is -2.87. The zero-order valence-electron chi connectivity index (χ0n) is 6.99. The quantitative estimate of drug-likeness (QED) is 0.728. The van der Waals surface area contributed by atoms with Gasteiger partial charge in [-0.2, -0.15) is 8.78 Å². The fourth-order valence-electron chi connectivity index (χ4n) is 0.940. The maximum atomic E-state index is 12.3. The van der Waals surface area contributed by atoms with Gasteiger partial charge in [0.25, 0.3) is 6.43 Å². The Labute approximate surface area is 92.5 Å². The molecule has 0 N–H and O–H groups in total. The average molecular weight is 263 g/mol. The minimum absolute atomic E-state index is 0.357. The second-order valence-electron chi connectivity index (χ2n) is 2.48. The Morgan fingerprint density at radius 1 is 1.00 bits per heavy atom. The van der Waals surface area contributed by atoms with Crippen LogP contribution in [0, 0.1) is 0 Å². The Morgan fingerprint density at radius 2 is 1.47 bits per heavy atom. The summed E-state index contributed by atoms with van der Waals surface area (Å²) in [6, 6.07) is 1.72. The van der Waals surface area contributed by atoms with Crippen LogP contribution >= 0.6 is 23.2 Å². The second kappa shape index (κ2) is 4.90. The second-order valence-corrected chi connectivity index (χ2v) is 3.29. The molecule has 1 rings (SSSR count). The molecule has 0 unspecified atom stereocenters. The molecule has 0 aliphatic carbocycles. The molecule has 0 aliphatic heterocycles. The molecule has 0 amide bonds. The van der Waals surface area contributed by atoms with Gasteiger partial charge < -0.3 is 4.74 Å². The molecule has 0 saturated heterocycles. The first-order chi connectivity index (χ1) is 6.91. The van der Waals surface area contributed by atoms with Crippen LogP contribution in [0.4, 0.5) is 17.6 Å². The van der Waals surface area contributed by atoms with Gasteiger partial charge in [-0.15, -0.1) is 0 Å². The lowest BCUT2D eigenvalue weighted by atomic mass is 10.2. The largest absolute Gasteiger partial charge is 0.435 e. The average Bonchev–Trinajstić information content (AvgIpc) is 1.99. The van der Waals surface area contributed by atoms with Gasteiger partial charge >= 0.3 is 6.61 Å². The lowest BCUT2D eigenvalue weighted by Gasteiger charge is -2.09. The monoisotopic (exact) mass is 262 g/mol. The first-order valence-corrected chi connectivity index (χ1v) is 4.39. The number of hydrogen-bond acceptors (Lipinski definition) is 1. The molecule has 7 heteroatoms. The summed E-state index contributed by atoms with van der Waals surface area (Å²) in [5.41, 5.74) is -0.597. The lowest BCUT2D eigenvalue weighted by molar-refractivity contribution is -0.0498. The van der Waals surface area contributed by atoms with Gasteiger partial charge in [0.05, 0.1) is 15.6 Å². The number of alkyl halides is 4. The summed E-state index contributed by atoms with van der Waals surface area (Å²) in [5.74, 6) is -0.357. The van der Waals surface area contributed by atoms with Crippen molar-refractivity contribution >= 4 is 23.2 Å². The highest BCUT2D eigenvalue weighted by Gasteiger charge is 2.18. The third-order valence-electron chi connectivity index (χ3n) is 1.50. The van der Waals surface area contributed by atoms with Gasteiger partial charge in [0.15, 0.2) is 0 Å². The van der Waals surface area contributed by atoms with Crippen molar-refractivity contribution in [3.8, 4) is 5.75 Å². The highest BCUT2D eigenvalue weighted by molar-refractivity contribution is 6.36. The van der Waals surface area contributed by atoms with Crippen molar-refractivity contribution in [2.45, 2.75) is 13.0 Å². The molecule has 0 heterocycles. The molecule has 15 heavy (non-hydrogen) atoms. The van der Waals surface area contributed by atoms with Crippen LogP contribution in [-0.4, -0.2) is 6.61 Å². The van der Waals surface area contributed by atoms with Crippen LogP contribution in [-0.2, 0) is 0 Å². The van der Waals surface area contributed by atoms with Gasteiger partial charge in [-0.25, -0.2) is 8.78 Å². The summed E-state index contributed by atoms with van der Waals surface area (Å²) in [7, 11) is 0. The normalized spacial score (nSPS) is 11.2. The summed E-state index contributed by atoms with van der Waals surface area (Å²) in [5, 5.41) is -0.818. The van der Waals surface area contributed by atoms with Gasteiger partial charge in [-0.05, 0) is 12.1 Å². The van der Waals surface area contributed by atoms with Crippen LogP contribution in [0.25, 0.3) is 0 Å². The van der Waals surface area contributed by atoms with E-state index in [4.69, 9.17) is 23.2 Å². The van der Waals surface area contributed by atoms with Gasteiger partial charge in [-0.1, -0.05) is 23.2 Å². The fraction of sp³-hybridized carbons (Fsp3) is 0.250. The van der Waals surface area contributed by atoms with E-state index in [2.05, 4.69) is 4.74 Å². The van der Waals surface area contributed by atoms with Gasteiger partial charge in [-0.3, -0.25) is 0 Å². The number of hydrogen-bond donors (Lipinski definition) is 0. The van der Waals surface area contributed by atoms with E-state index in [0.717, 1.165) is 12.1 Å². The van der Waals surface area contributed by atoms with Crippen LogP contribution in [0.15, 0.2) is 12.1 Å². The first kappa shape index (κ1) is 12.4. The first-order valence-electron chi connectivity index (χ1n) is 3.63. The molecule has 84 valence electrons. The molecule has 0 aliphatic rings. The molecule has 0 radical (unpaired) electrons. The molecule has 0 atom stereocenters. The van der Waals surface area contributed by atoms with E-state index in [0.29, 0.717) is 0 Å². The molecule has 0 spiro atoms. The van der Waals surface area contributed by atoms with Crippen molar-refractivity contribution < 1.29 is 22.3 Å². The van der Waals surface area contributed by atoms with E-state index < -0.39 is 28.6 Å². The van der Waals surface area contributed by atoms with Crippen LogP contribution < -0.4 is 4.74 Å². The molecule has 0 fully saturated rings. The zero-order chi connectivity index (χ0) is 11.6. The molecular formula is C8H4Cl2F4O. The van der Waals surface area contributed by atoms with Crippen molar-refractivity contribution in [3.63, 3.8) is 0 Å². The van der Waals surface area contributed by atoms with E-state index in [1.807, 2.05) is 0 Å². The maximum Gasteiger partial charge on any atom is 0.387 e. The van der Waals surface area contributed by atoms with Crippen molar-refractivity contribution in [1.29, 1.82) is 0 Å². The highest BCUT2D eigenvalue weighted by atomic mass is 35.5. The van der Waals surface area contributed by atoms with Crippen molar-refractivity contribution in [2.24, 2.45) is 0 Å². The number of rotatable bonds is 3. The Balaban J connectivity index is 3.08. The minimum Gasteiger partial charge on any atom is -0.435 e. The number of ether oxygens (including phenoxy) is 1. The van der Waals surface area contributed by atoms with E-state index in [1.165, 1.54) is 0 Å². The van der Waals surface area contributed by atoms with E-state index >= 15 is 0 Å². The predicted octanol–water partition coefficient (Wildman–Crippen LogP) is 4.53. The van der Waals surface area contributed by atoms with Gasteiger partial charge in [0.1, 0.15) is 5.75 Å². The lowest BCUT2D eigenvalue weighted by Crippen LogP contribution is -2.02. The Kier molecular flexibility index (Phi) is 4.04. The molecule has 1 nitrogen and oxygen atoms in total. The molecular weight excluding hydrogens is 259 g/mol.